The largest absolute Gasteiger partial charge is 0.467 e. The van der Waals surface area contributed by atoms with Gasteiger partial charge < -0.3 is 14.4 Å². The number of hydrogen-bond acceptors (Lipinski definition) is 8. The molecule has 1 fully saturated rings. The second-order valence-corrected chi connectivity index (χ2v) is 9.73. The van der Waals surface area contributed by atoms with Gasteiger partial charge >= 0.3 is 5.97 Å². The Morgan fingerprint density at radius 2 is 2.04 bits per heavy atom. The summed E-state index contributed by atoms with van der Waals surface area (Å²) in [6.07, 6.45) is -0.562. The van der Waals surface area contributed by atoms with Crippen LogP contribution in [0.15, 0.2) is 28.6 Å². The van der Waals surface area contributed by atoms with Gasteiger partial charge in [0.2, 0.25) is 0 Å². The molecule has 26 heavy (non-hydrogen) atoms. The Bertz CT molecular complexity index is 777. The van der Waals surface area contributed by atoms with Crippen LogP contribution < -0.4 is 0 Å². The highest BCUT2D eigenvalue weighted by Gasteiger charge is 2.54. The summed E-state index contributed by atoms with van der Waals surface area (Å²) in [5.41, 5.74) is 0.958. The number of benzene rings is 1. The van der Waals surface area contributed by atoms with E-state index < -0.39 is 18.1 Å². The van der Waals surface area contributed by atoms with Crippen LogP contribution in [0.5, 0.6) is 0 Å². The Balaban J connectivity index is 1.76. The first-order chi connectivity index (χ1) is 12.5. The van der Waals surface area contributed by atoms with Crippen molar-refractivity contribution in [3.63, 3.8) is 0 Å². The highest BCUT2D eigenvalue weighted by atomic mass is 33.1. The molecular formula is C17H20N2O4S3. The lowest BCUT2D eigenvalue weighted by Gasteiger charge is -2.49. The first-order valence-corrected chi connectivity index (χ1v) is 11.1. The summed E-state index contributed by atoms with van der Waals surface area (Å²) in [6.45, 7) is 3.80. The molecule has 6 nitrogen and oxygen atoms in total. The van der Waals surface area contributed by atoms with Crippen molar-refractivity contribution in [2.45, 2.75) is 35.7 Å². The third kappa shape index (κ3) is 3.58. The molecule has 140 valence electrons. The number of esters is 1. The lowest BCUT2D eigenvalue weighted by molar-refractivity contribution is -0.177. The normalized spacial score (nSPS) is 21.1. The number of likely N-dealkylation sites (tertiary alicyclic amines) is 1. The summed E-state index contributed by atoms with van der Waals surface area (Å²) in [7, 11) is 5.84. The molecule has 1 aromatic carbocycles. The average molecular weight is 413 g/mol. The number of aromatic nitrogens is 1. The molecule has 0 bridgehead atoms. The van der Waals surface area contributed by atoms with E-state index in [1.807, 2.05) is 38.1 Å². The fraction of sp³-hybridized carbons (Fsp3) is 0.471. The van der Waals surface area contributed by atoms with Crippen molar-refractivity contribution in [3.05, 3.63) is 24.3 Å². The number of β-lactam (4-membered cyclic amide) rings is 1. The van der Waals surface area contributed by atoms with Crippen LogP contribution in [0.1, 0.15) is 13.8 Å². The first-order valence-electron chi connectivity index (χ1n) is 8.09. The Morgan fingerprint density at radius 1 is 1.31 bits per heavy atom. The summed E-state index contributed by atoms with van der Waals surface area (Å²) < 4.78 is 12.3. The van der Waals surface area contributed by atoms with Gasteiger partial charge in [-0.25, -0.2) is 9.78 Å². The molecule has 3 atom stereocenters. The summed E-state index contributed by atoms with van der Waals surface area (Å²) in [5, 5.41) is -0.268. The molecule has 2 heterocycles. The molecule has 1 aliphatic rings. The van der Waals surface area contributed by atoms with Crippen LogP contribution in [0, 0.1) is 5.92 Å². The van der Waals surface area contributed by atoms with Gasteiger partial charge in [0.05, 0.1) is 17.3 Å². The number of ether oxygens (including phenoxy) is 2. The topological polar surface area (TPSA) is 68.7 Å². The van der Waals surface area contributed by atoms with Crippen molar-refractivity contribution in [2.75, 3.05) is 14.2 Å². The van der Waals surface area contributed by atoms with Crippen LogP contribution in [0.25, 0.3) is 10.2 Å². The van der Waals surface area contributed by atoms with Gasteiger partial charge in [0, 0.05) is 7.11 Å². The van der Waals surface area contributed by atoms with Crippen LogP contribution >= 0.6 is 32.9 Å². The maximum absolute atomic E-state index is 12.5. The number of carbonyl (C=O) groups is 2. The molecule has 0 spiro atoms. The maximum atomic E-state index is 12.5. The van der Waals surface area contributed by atoms with Crippen LogP contribution in [0.3, 0.4) is 0 Å². The van der Waals surface area contributed by atoms with Crippen molar-refractivity contribution in [3.8, 4) is 0 Å². The summed E-state index contributed by atoms with van der Waals surface area (Å²) in [5.74, 6) is -0.641. The van der Waals surface area contributed by atoms with E-state index >= 15 is 0 Å². The van der Waals surface area contributed by atoms with Crippen molar-refractivity contribution in [2.24, 2.45) is 5.92 Å². The Kier molecular flexibility index (Phi) is 6.11. The van der Waals surface area contributed by atoms with Crippen molar-refractivity contribution < 1.29 is 19.1 Å². The van der Waals surface area contributed by atoms with E-state index in [0.29, 0.717) is 0 Å². The number of thiazole rings is 1. The number of rotatable bonds is 7. The molecule has 0 saturated carbocycles. The third-order valence-electron chi connectivity index (χ3n) is 4.15. The molecule has 1 unspecified atom stereocenters. The monoisotopic (exact) mass is 412 g/mol. The standard InChI is InChI=1S/C17H20N2O4S3/c1-9(2)12(16(21)23-4)19-14(20)13(22-3)15(19)25-26-17-18-10-7-5-6-8-11(10)24-17/h5-9,12-13,15H,1-4H3/t12?,13-,15+/m0/s1. The number of para-hydroxylation sites is 1. The molecule has 1 saturated heterocycles. The van der Waals surface area contributed by atoms with Crippen LogP contribution in [0.4, 0.5) is 0 Å². The predicted octanol–water partition coefficient (Wildman–Crippen LogP) is 3.42. The minimum Gasteiger partial charge on any atom is -0.467 e. The number of amides is 1. The fourth-order valence-electron chi connectivity index (χ4n) is 2.87. The van der Waals surface area contributed by atoms with Crippen molar-refractivity contribution >= 4 is 55.0 Å². The van der Waals surface area contributed by atoms with E-state index in [1.54, 1.807) is 16.2 Å². The maximum Gasteiger partial charge on any atom is 0.328 e. The Hall–Kier alpha value is -1.29. The quantitative estimate of drug-likeness (QED) is 0.392. The van der Waals surface area contributed by atoms with E-state index in [-0.39, 0.29) is 17.2 Å². The lowest BCUT2D eigenvalue weighted by Crippen LogP contribution is -2.69. The van der Waals surface area contributed by atoms with Gasteiger partial charge in [0.25, 0.3) is 5.91 Å². The minimum absolute atomic E-state index is 0.0558. The average Bonchev–Trinajstić information content (AvgIpc) is 3.04. The number of fused-ring (bicyclic) bond motifs is 1. The summed E-state index contributed by atoms with van der Waals surface area (Å²) in [6, 6.07) is 7.33. The zero-order valence-electron chi connectivity index (χ0n) is 14.9. The fourth-order valence-corrected chi connectivity index (χ4v) is 6.84. The highest BCUT2D eigenvalue weighted by molar-refractivity contribution is 8.77. The van der Waals surface area contributed by atoms with Crippen molar-refractivity contribution in [1.82, 2.24) is 9.88 Å². The molecular weight excluding hydrogens is 392 g/mol. The number of carbonyl (C=O) groups excluding carboxylic acids is 2. The van der Waals surface area contributed by atoms with Gasteiger partial charge in [-0.3, -0.25) is 4.79 Å². The minimum atomic E-state index is -0.618. The van der Waals surface area contributed by atoms with E-state index in [1.165, 1.54) is 35.8 Å². The molecule has 2 aromatic rings. The molecule has 9 heteroatoms. The van der Waals surface area contributed by atoms with Gasteiger partial charge in [-0.05, 0) is 28.8 Å². The molecule has 1 amide bonds. The molecule has 1 aromatic heterocycles. The predicted molar refractivity (Wildman–Crippen MR) is 105 cm³/mol. The molecule has 0 radical (unpaired) electrons. The zero-order valence-corrected chi connectivity index (χ0v) is 17.3. The summed E-state index contributed by atoms with van der Waals surface area (Å²) in [4.78, 5) is 30.8. The molecule has 0 aliphatic carbocycles. The Labute approximate surface area is 164 Å². The molecule has 3 rings (SSSR count). The number of hydrogen-bond donors (Lipinski definition) is 0. The van der Waals surface area contributed by atoms with Gasteiger partial charge in [-0.1, -0.05) is 36.8 Å². The number of nitrogens with zero attached hydrogens (tertiary/aromatic N) is 2. The highest BCUT2D eigenvalue weighted by Crippen LogP contribution is 2.46. The summed E-state index contributed by atoms with van der Waals surface area (Å²) >= 11 is 1.61. The van der Waals surface area contributed by atoms with Crippen LogP contribution in [-0.4, -0.2) is 53.5 Å². The lowest BCUT2D eigenvalue weighted by atomic mass is 9.97. The zero-order chi connectivity index (χ0) is 18.8. The van der Waals surface area contributed by atoms with Crippen LogP contribution in [0.2, 0.25) is 0 Å². The second kappa shape index (κ2) is 8.16. The first kappa shape index (κ1) is 19.5. The third-order valence-corrected chi connectivity index (χ3v) is 8.15. The van der Waals surface area contributed by atoms with E-state index in [4.69, 9.17) is 9.47 Å². The van der Waals surface area contributed by atoms with Gasteiger partial charge in [0.1, 0.15) is 11.4 Å². The van der Waals surface area contributed by atoms with Gasteiger partial charge in [-0.15, -0.1) is 11.3 Å². The smallest absolute Gasteiger partial charge is 0.328 e. The SMILES string of the molecule is COC(=O)C(C(C)C)N1C(=O)[C@H](OC)[C@H]1SSc1nc2ccccc2s1. The van der Waals surface area contributed by atoms with Crippen molar-refractivity contribution in [1.29, 1.82) is 0 Å². The van der Waals surface area contributed by atoms with Gasteiger partial charge in [0.15, 0.2) is 10.4 Å². The van der Waals surface area contributed by atoms with E-state index in [9.17, 15) is 9.59 Å². The second-order valence-electron chi connectivity index (χ2n) is 6.13. The molecule has 0 N–H and O–H groups in total. The van der Waals surface area contributed by atoms with Gasteiger partial charge in [-0.2, -0.15) is 0 Å². The van der Waals surface area contributed by atoms with E-state index in [0.717, 1.165) is 14.6 Å². The Morgan fingerprint density at radius 3 is 2.65 bits per heavy atom. The number of methoxy groups -OCH3 is 2. The van der Waals surface area contributed by atoms with Crippen LogP contribution in [-0.2, 0) is 19.1 Å². The molecule has 1 aliphatic heterocycles. The van der Waals surface area contributed by atoms with E-state index in [2.05, 4.69) is 4.98 Å².